The van der Waals surface area contributed by atoms with Crippen LogP contribution in [0.15, 0.2) is 48.2 Å². The topological polar surface area (TPSA) is 131 Å². The first-order chi connectivity index (χ1) is 18.4. The lowest BCUT2D eigenvalue weighted by atomic mass is 9.96. The van der Waals surface area contributed by atoms with E-state index in [9.17, 15) is 17.6 Å². The number of halogens is 2. The third-order valence-corrected chi connectivity index (χ3v) is 7.55. The maximum Gasteiger partial charge on any atom is 0.254 e. The monoisotopic (exact) mass is 575 g/mol. The highest BCUT2D eigenvalue weighted by molar-refractivity contribution is 7.89. The van der Waals surface area contributed by atoms with Crippen molar-refractivity contribution in [3.8, 4) is 0 Å². The predicted molar refractivity (Wildman–Crippen MR) is 149 cm³/mol. The molecule has 0 aliphatic carbocycles. The molecule has 1 aromatic heterocycles. The Hall–Kier alpha value is -3.35. The van der Waals surface area contributed by atoms with Crippen molar-refractivity contribution in [1.82, 2.24) is 24.5 Å². The Labute approximate surface area is 232 Å². The van der Waals surface area contributed by atoms with E-state index in [-0.39, 0.29) is 34.4 Å². The first kappa shape index (κ1) is 28.7. The Morgan fingerprint density at radius 2 is 2.08 bits per heavy atom. The number of hydrogen-bond donors (Lipinski definition) is 3. The second kappa shape index (κ2) is 11.8. The molecule has 0 bridgehead atoms. The first-order valence-corrected chi connectivity index (χ1v) is 14.7. The lowest BCUT2D eigenvalue weighted by Crippen LogP contribution is -2.50. The number of amides is 1. The van der Waals surface area contributed by atoms with Gasteiger partial charge in [-0.05, 0) is 51.0 Å². The van der Waals surface area contributed by atoms with Crippen molar-refractivity contribution in [2.24, 2.45) is 0 Å². The van der Waals surface area contributed by atoms with E-state index < -0.39 is 15.8 Å². The second-order valence-corrected chi connectivity index (χ2v) is 11.9. The van der Waals surface area contributed by atoms with Gasteiger partial charge in [-0.1, -0.05) is 23.8 Å². The number of rotatable bonds is 7. The van der Waals surface area contributed by atoms with E-state index in [0.717, 1.165) is 30.4 Å². The molecule has 1 saturated heterocycles. The molecular formula is C26H31ClFN7O3S. The first-order valence-electron chi connectivity index (χ1n) is 12.5. The number of aromatic nitrogens is 2. The summed E-state index contributed by atoms with van der Waals surface area (Å²) in [4.78, 5) is 26.5. The number of nitrogens with one attached hydrogen (secondary N) is 3. The molecule has 39 heavy (non-hydrogen) atoms. The third-order valence-electron chi connectivity index (χ3n) is 6.67. The molecule has 208 valence electrons. The number of allylic oxidation sites excluding steroid dienone is 1. The zero-order chi connectivity index (χ0) is 28.3. The fourth-order valence-electron chi connectivity index (χ4n) is 4.89. The van der Waals surface area contributed by atoms with Crippen LogP contribution in [0.5, 0.6) is 0 Å². The van der Waals surface area contributed by atoms with Crippen LogP contribution >= 0.6 is 11.6 Å². The zero-order valence-corrected chi connectivity index (χ0v) is 23.5. The maximum atomic E-state index is 13.5. The molecule has 2 atom stereocenters. The Bertz CT molecular complexity index is 1450. The highest BCUT2D eigenvalue weighted by Crippen LogP contribution is 2.31. The van der Waals surface area contributed by atoms with E-state index in [1.165, 1.54) is 18.2 Å². The Kier molecular flexibility index (Phi) is 8.67. The molecule has 3 heterocycles. The number of benzene rings is 1. The second-order valence-electron chi connectivity index (χ2n) is 9.74. The van der Waals surface area contributed by atoms with Gasteiger partial charge in [-0.3, -0.25) is 19.8 Å². The van der Waals surface area contributed by atoms with Gasteiger partial charge < -0.3 is 10.2 Å². The van der Waals surface area contributed by atoms with E-state index in [2.05, 4.69) is 24.9 Å². The van der Waals surface area contributed by atoms with E-state index in [1.54, 1.807) is 36.2 Å². The number of nitrogens with zero attached hydrogens (tertiary/aromatic N) is 4. The highest BCUT2D eigenvalue weighted by Gasteiger charge is 2.35. The molecule has 10 nitrogen and oxygen atoms in total. The SMILES string of the molecule is C/C=C\C(=C/C(=N)NS(C)(=O)=O)C(=O)N1CC[C@H](N2Cc3cnc(Nc4ccc(F)c(Cl)c4)nc3C2)C[C@H]1C. The minimum Gasteiger partial charge on any atom is -0.336 e. The van der Waals surface area contributed by atoms with E-state index >= 15 is 0 Å². The van der Waals surface area contributed by atoms with Crippen LogP contribution in [0, 0.1) is 11.2 Å². The van der Waals surface area contributed by atoms with Crippen molar-refractivity contribution >= 4 is 45.0 Å². The molecule has 2 aliphatic heterocycles. The Balaban J connectivity index is 1.39. The van der Waals surface area contributed by atoms with Gasteiger partial charge in [0.25, 0.3) is 5.91 Å². The summed E-state index contributed by atoms with van der Waals surface area (Å²) in [5.74, 6) is -0.696. The van der Waals surface area contributed by atoms with Crippen molar-refractivity contribution in [2.45, 2.75) is 51.9 Å². The smallest absolute Gasteiger partial charge is 0.254 e. The fraction of sp³-hybridized carbons (Fsp3) is 0.385. The van der Waals surface area contributed by atoms with Gasteiger partial charge in [-0.2, -0.15) is 0 Å². The van der Waals surface area contributed by atoms with E-state index in [1.807, 2.05) is 6.92 Å². The van der Waals surface area contributed by atoms with Crippen LogP contribution in [0.2, 0.25) is 5.02 Å². The van der Waals surface area contributed by atoms with Crippen molar-refractivity contribution < 1.29 is 17.6 Å². The molecule has 1 aromatic carbocycles. The van der Waals surface area contributed by atoms with Gasteiger partial charge >= 0.3 is 0 Å². The number of fused-ring (bicyclic) bond motifs is 1. The molecule has 2 aromatic rings. The number of piperidine rings is 1. The average Bonchev–Trinajstić information content (AvgIpc) is 3.28. The lowest BCUT2D eigenvalue weighted by molar-refractivity contribution is -0.131. The number of likely N-dealkylation sites (tertiary alicyclic amines) is 1. The summed E-state index contributed by atoms with van der Waals surface area (Å²) >= 11 is 5.87. The highest BCUT2D eigenvalue weighted by atomic mass is 35.5. The van der Waals surface area contributed by atoms with Crippen LogP contribution in [0.4, 0.5) is 16.0 Å². The molecule has 0 spiro atoms. The number of hydrogen-bond acceptors (Lipinski definition) is 8. The van der Waals surface area contributed by atoms with Crippen LogP contribution in [-0.4, -0.2) is 64.8 Å². The van der Waals surface area contributed by atoms with Gasteiger partial charge in [0.05, 0.1) is 17.0 Å². The molecule has 1 amide bonds. The molecule has 13 heteroatoms. The number of sulfonamides is 1. The average molecular weight is 576 g/mol. The molecule has 1 fully saturated rings. The molecular weight excluding hydrogens is 545 g/mol. The number of carbonyl (C=O) groups excluding carboxylic acids is 1. The molecule has 3 N–H and O–H groups in total. The number of amidine groups is 1. The summed E-state index contributed by atoms with van der Waals surface area (Å²) in [7, 11) is -3.61. The van der Waals surface area contributed by atoms with Gasteiger partial charge in [-0.25, -0.2) is 22.8 Å². The largest absolute Gasteiger partial charge is 0.336 e. The molecule has 2 aliphatic rings. The van der Waals surface area contributed by atoms with Crippen molar-refractivity contribution in [2.75, 3.05) is 18.1 Å². The van der Waals surface area contributed by atoms with Crippen molar-refractivity contribution in [1.29, 1.82) is 5.41 Å². The maximum absolute atomic E-state index is 13.5. The standard InChI is InChI=1S/C26H31ClFN7O3S/c1-4-5-17(11-24(29)33-39(3,37)38)25(36)35-9-8-20(10-16(35)2)34-14-18-13-30-26(32-23(18)15-34)31-19-6-7-22(28)21(27)12-19/h4-7,11-13,16,20H,8-10,14-15H2,1-3H3,(H2,29,33)(H,30,31,32)/b5-4-,17-11+/t16-,20+/m1/s1. The lowest BCUT2D eigenvalue weighted by Gasteiger charge is -2.41. The molecule has 0 unspecified atom stereocenters. The third kappa shape index (κ3) is 7.20. The van der Waals surface area contributed by atoms with Crippen LogP contribution in [0.3, 0.4) is 0 Å². The molecule has 0 saturated carbocycles. The summed E-state index contributed by atoms with van der Waals surface area (Å²) in [5, 5.41) is 11.0. The van der Waals surface area contributed by atoms with E-state index in [4.69, 9.17) is 17.0 Å². The van der Waals surface area contributed by atoms with Crippen LogP contribution < -0.4 is 10.0 Å². The summed E-state index contributed by atoms with van der Waals surface area (Å²) < 4.78 is 38.4. The Morgan fingerprint density at radius 1 is 1.31 bits per heavy atom. The summed E-state index contributed by atoms with van der Waals surface area (Å²) in [6.45, 7) is 5.65. The summed E-state index contributed by atoms with van der Waals surface area (Å²) in [5.41, 5.74) is 2.80. The fourth-order valence-corrected chi connectivity index (χ4v) is 5.53. The van der Waals surface area contributed by atoms with Crippen LogP contribution in [0.25, 0.3) is 0 Å². The zero-order valence-electron chi connectivity index (χ0n) is 21.9. The minimum atomic E-state index is -3.61. The summed E-state index contributed by atoms with van der Waals surface area (Å²) in [6.07, 6.45) is 8.79. The Morgan fingerprint density at radius 3 is 2.74 bits per heavy atom. The van der Waals surface area contributed by atoms with Crippen LogP contribution in [0.1, 0.15) is 37.9 Å². The van der Waals surface area contributed by atoms with Crippen molar-refractivity contribution in [3.05, 3.63) is 70.3 Å². The van der Waals surface area contributed by atoms with Crippen molar-refractivity contribution in [3.63, 3.8) is 0 Å². The van der Waals surface area contributed by atoms with Gasteiger partial charge in [-0.15, -0.1) is 0 Å². The van der Waals surface area contributed by atoms with Gasteiger partial charge in [0.2, 0.25) is 16.0 Å². The number of carbonyl (C=O) groups is 1. The molecule has 4 rings (SSSR count). The predicted octanol–water partition coefficient (Wildman–Crippen LogP) is 3.74. The van der Waals surface area contributed by atoms with Gasteiger partial charge in [0, 0.05) is 54.7 Å². The van der Waals surface area contributed by atoms with Crippen LogP contribution in [-0.2, 0) is 27.9 Å². The summed E-state index contributed by atoms with van der Waals surface area (Å²) in [6, 6.07) is 4.52. The van der Waals surface area contributed by atoms with Gasteiger partial charge in [0.1, 0.15) is 11.7 Å². The normalized spacial score (nSPS) is 20.2. The quantitative estimate of drug-likeness (QED) is 0.198. The molecule has 0 radical (unpaired) electrons. The minimum absolute atomic E-state index is 0.0171. The van der Waals surface area contributed by atoms with E-state index in [0.29, 0.717) is 31.3 Å². The van der Waals surface area contributed by atoms with Gasteiger partial charge in [0.15, 0.2) is 0 Å². The number of anilines is 2.